The summed E-state index contributed by atoms with van der Waals surface area (Å²) in [7, 11) is 1.92. The number of benzene rings is 1. The van der Waals surface area contributed by atoms with E-state index in [0.717, 1.165) is 34.6 Å². The van der Waals surface area contributed by atoms with Gasteiger partial charge in [-0.2, -0.15) is 0 Å². The van der Waals surface area contributed by atoms with Gasteiger partial charge in [-0.1, -0.05) is 44.4 Å². The third kappa shape index (κ3) is 1.92. The standard InChI is InChI=1S/C20H24N4/c1-3-4-5-9-13-15-16(13)19(15)24-11-22-17-18(24)12-8-6-7-10-14(12)23-20(17)21-2/h6-8,10-11,13,15-16,19H,3-5,9H2,1-2H3,(H,21,23). The van der Waals surface area contributed by atoms with Crippen molar-refractivity contribution >= 4 is 27.8 Å². The highest BCUT2D eigenvalue weighted by Crippen LogP contribution is 2.77. The van der Waals surface area contributed by atoms with E-state index in [0.29, 0.717) is 6.04 Å². The van der Waals surface area contributed by atoms with E-state index in [4.69, 9.17) is 9.97 Å². The second-order valence-electron chi connectivity index (χ2n) is 7.38. The minimum atomic E-state index is 0.678. The van der Waals surface area contributed by atoms with Crippen molar-refractivity contribution in [2.75, 3.05) is 12.4 Å². The minimum absolute atomic E-state index is 0.678. The third-order valence-electron chi connectivity index (χ3n) is 6.05. The van der Waals surface area contributed by atoms with Crippen LogP contribution in [0.15, 0.2) is 30.6 Å². The summed E-state index contributed by atoms with van der Waals surface area (Å²) in [4.78, 5) is 9.42. The SMILES string of the molecule is CCCCCC1C2C1C2n1cnc2c(NC)nc3ccccc3c21. The van der Waals surface area contributed by atoms with Gasteiger partial charge in [-0.15, -0.1) is 0 Å². The molecule has 4 heteroatoms. The normalized spacial score (nSPS) is 27.4. The molecule has 24 heavy (non-hydrogen) atoms. The number of anilines is 1. The molecule has 5 rings (SSSR count). The lowest BCUT2D eigenvalue weighted by Crippen LogP contribution is -2.07. The zero-order chi connectivity index (χ0) is 16.3. The van der Waals surface area contributed by atoms with Crippen LogP contribution in [-0.2, 0) is 0 Å². The number of nitrogens with zero attached hydrogens (tertiary/aromatic N) is 3. The second-order valence-corrected chi connectivity index (χ2v) is 7.38. The lowest BCUT2D eigenvalue weighted by atomic mass is 10.0. The van der Waals surface area contributed by atoms with Gasteiger partial charge < -0.3 is 9.88 Å². The summed E-state index contributed by atoms with van der Waals surface area (Å²) in [5, 5.41) is 4.43. The number of unbranched alkanes of at least 4 members (excludes halogenated alkanes) is 2. The Morgan fingerprint density at radius 3 is 2.79 bits per heavy atom. The molecule has 2 aromatic heterocycles. The van der Waals surface area contributed by atoms with E-state index in [1.807, 2.05) is 13.4 Å². The highest BCUT2D eigenvalue weighted by molar-refractivity contribution is 6.06. The molecule has 2 saturated carbocycles. The second kappa shape index (κ2) is 5.20. The van der Waals surface area contributed by atoms with Gasteiger partial charge in [0.1, 0.15) is 5.52 Å². The number of para-hydroxylation sites is 1. The average molecular weight is 320 g/mol. The Hall–Kier alpha value is -2.10. The monoisotopic (exact) mass is 320 g/mol. The molecule has 0 aliphatic heterocycles. The summed E-state index contributed by atoms with van der Waals surface area (Å²) in [6.07, 6.45) is 7.58. The van der Waals surface area contributed by atoms with Gasteiger partial charge in [0.05, 0.1) is 17.4 Å². The van der Waals surface area contributed by atoms with E-state index in [2.05, 4.69) is 41.1 Å². The number of hydrogen-bond donors (Lipinski definition) is 1. The van der Waals surface area contributed by atoms with Gasteiger partial charge in [-0.25, -0.2) is 9.97 Å². The average Bonchev–Trinajstić information content (AvgIpc) is 3.47. The molecular weight excluding hydrogens is 296 g/mol. The number of nitrogens with one attached hydrogen (secondary N) is 1. The minimum Gasteiger partial charge on any atom is -0.371 e. The van der Waals surface area contributed by atoms with E-state index >= 15 is 0 Å². The van der Waals surface area contributed by atoms with Gasteiger partial charge >= 0.3 is 0 Å². The Bertz CT molecular complexity index is 903. The topological polar surface area (TPSA) is 42.7 Å². The summed E-state index contributed by atoms with van der Waals surface area (Å²) in [5.41, 5.74) is 3.31. The highest BCUT2D eigenvalue weighted by Gasteiger charge is 2.73. The van der Waals surface area contributed by atoms with E-state index < -0.39 is 0 Å². The molecule has 2 heterocycles. The molecule has 2 aliphatic rings. The first-order valence-electron chi connectivity index (χ1n) is 9.28. The molecule has 124 valence electrons. The molecule has 0 saturated heterocycles. The van der Waals surface area contributed by atoms with Crippen molar-refractivity contribution in [1.82, 2.24) is 14.5 Å². The number of fused-ring (bicyclic) bond motifs is 4. The van der Waals surface area contributed by atoms with Crippen LogP contribution in [0.3, 0.4) is 0 Å². The van der Waals surface area contributed by atoms with E-state index in [1.54, 1.807) is 0 Å². The fourth-order valence-corrected chi connectivity index (χ4v) is 4.66. The van der Waals surface area contributed by atoms with Gasteiger partial charge in [-0.05, 0) is 30.2 Å². The number of imidazole rings is 1. The fourth-order valence-electron chi connectivity index (χ4n) is 4.66. The largest absolute Gasteiger partial charge is 0.371 e. The number of rotatable bonds is 6. The van der Waals surface area contributed by atoms with Crippen LogP contribution in [0, 0.1) is 17.8 Å². The van der Waals surface area contributed by atoms with Crippen molar-refractivity contribution in [1.29, 1.82) is 0 Å². The molecule has 1 aromatic carbocycles. The summed E-state index contributed by atoms with van der Waals surface area (Å²) in [5.74, 6) is 3.68. The van der Waals surface area contributed by atoms with Gasteiger partial charge in [-0.3, -0.25) is 0 Å². The Morgan fingerprint density at radius 1 is 1.17 bits per heavy atom. The molecule has 2 aliphatic carbocycles. The van der Waals surface area contributed by atoms with Crippen LogP contribution >= 0.6 is 0 Å². The van der Waals surface area contributed by atoms with E-state index in [9.17, 15) is 0 Å². The van der Waals surface area contributed by atoms with E-state index in [1.165, 1.54) is 36.6 Å². The Morgan fingerprint density at radius 2 is 2.00 bits per heavy atom. The van der Waals surface area contributed by atoms with Crippen molar-refractivity contribution in [3.8, 4) is 0 Å². The van der Waals surface area contributed by atoms with E-state index in [-0.39, 0.29) is 0 Å². The smallest absolute Gasteiger partial charge is 0.154 e. The molecule has 0 amide bonds. The number of aromatic nitrogens is 3. The predicted octanol–water partition coefficient (Wildman–Crippen LogP) is 4.62. The molecule has 2 atom stereocenters. The van der Waals surface area contributed by atoms with Gasteiger partial charge in [0.15, 0.2) is 5.82 Å². The number of hydrogen-bond acceptors (Lipinski definition) is 3. The van der Waals surface area contributed by atoms with Crippen LogP contribution in [0.1, 0.15) is 38.6 Å². The molecule has 0 bridgehead atoms. The van der Waals surface area contributed by atoms with Crippen LogP contribution < -0.4 is 5.32 Å². The molecule has 2 unspecified atom stereocenters. The molecule has 0 spiro atoms. The maximum absolute atomic E-state index is 4.72. The Labute approximate surface area is 142 Å². The molecular formula is C20H24N4. The van der Waals surface area contributed by atoms with Crippen LogP contribution in [0.5, 0.6) is 0 Å². The molecule has 0 radical (unpaired) electrons. The Kier molecular flexibility index (Phi) is 3.09. The number of pyridine rings is 1. The van der Waals surface area contributed by atoms with Crippen LogP contribution in [0.2, 0.25) is 0 Å². The van der Waals surface area contributed by atoms with Gasteiger partial charge in [0.2, 0.25) is 0 Å². The van der Waals surface area contributed by atoms with Crippen molar-refractivity contribution in [3.63, 3.8) is 0 Å². The van der Waals surface area contributed by atoms with Gasteiger partial charge in [0.25, 0.3) is 0 Å². The predicted molar refractivity (Wildman–Crippen MR) is 98.2 cm³/mol. The summed E-state index contributed by atoms with van der Waals surface area (Å²) in [6.45, 7) is 2.28. The first-order chi connectivity index (χ1) is 11.8. The zero-order valence-electron chi connectivity index (χ0n) is 14.4. The summed E-state index contributed by atoms with van der Waals surface area (Å²) < 4.78 is 2.44. The first-order valence-corrected chi connectivity index (χ1v) is 9.28. The first kappa shape index (κ1) is 14.3. The molecule has 2 fully saturated rings. The third-order valence-corrected chi connectivity index (χ3v) is 6.05. The van der Waals surface area contributed by atoms with Crippen molar-refractivity contribution in [2.45, 2.75) is 38.6 Å². The van der Waals surface area contributed by atoms with Crippen LogP contribution in [0.4, 0.5) is 5.82 Å². The van der Waals surface area contributed by atoms with Crippen LogP contribution in [-0.4, -0.2) is 21.6 Å². The van der Waals surface area contributed by atoms with Crippen molar-refractivity contribution < 1.29 is 0 Å². The lowest BCUT2D eigenvalue weighted by Gasteiger charge is -2.15. The van der Waals surface area contributed by atoms with Gasteiger partial charge in [0, 0.05) is 18.5 Å². The summed E-state index contributed by atoms with van der Waals surface area (Å²) >= 11 is 0. The lowest BCUT2D eigenvalue weighted by molar-refractivity contribution is 0.429. The maximum Gasteiger partial charge on any atom is 0.154 e. The molecule has 4 nitrogen and oxygen atoms in total. The highest BCUT2D eigenvalue weighted by atomic mass is 15.2. The molecule has 3 aromatic rings. The molecule has 1 N–H and O–H groups in total. The van der Waals surface area contributed by atoms with Crippen molar-refractivity contribution in [3.05, 3.63) is 30.6 Å². The zero-order valence-corrected chi connectivity index (χ0v) is 14.4. The van der Waals surface area contributed by atoms with Crippen molar-refractivity contribution in [2.24, 2.45) is 17.8 Å². The Balaban J connectivity index is 1.50. The quantitative estimate of drug-likeness (QED) is 0.674. The maximum atomic E-state index is 4.72. The summed E-state index contributed by atoms with van der Waals surface area (Å²) in [6, 6.07) is 9.10. The van der Waals surface area contributed by atoms with Crippen LogP contribution in [0.25, 0.3) is 21.9 Å². The fraction of sp³-hybridized carbons (Fsp3) is 0.500.